The Labute approximate surface area is 188 Å². The third-order valence-electron chi connectivity index (χ3n) is 6.54. The fourth-order valence-electron chi connectivity index (χ4n) is 4.66. The van der Waals surface area contributed by atoms with Crippen LogP contribution in [0.3, 0.4) is 0 Å². The van der Waals surface area contributed by atoms with Gasteiger partial charge in [-0.05, 0) is 51.1 Å². The average molecular weight is 428 g/mol. The summed E-state index contributed by atoms with van der Waals surface area (Å²) in [7, 11) is 0. The van der Waals surface area contributed by atoms with E-state index in [-0.39, 0.29) is 5.91 Å². The number of piperidine rings is 1. The first-order chi connectivity index (χ1) is 15.0. The molecule has 1 aromatic carbocycles. The zero-order valence-corrected chi connectivity index (χ0v) is 19.6. The first-order valence-corrected chi connectivity index (χ1v) is 12.1. The number of benzene rings is 1. The number of hydrogen-bond acceptors (Lipinski definition) is 3. The van der Waals surface area contributed by atoms with Gasteiger partial charge >= 0.3 is 0 Å². The summed E-state index contributed by atoms with van der Waals surface area (Å²) in [6, 6.07) is 10.9. The van der Waals surface area contributed by atoms with Crippen LogP contribution in [0.5, 0.6) is 0 Å². The number of aliphatic imine (C=N–C) groups is 1. The van der Waals surface area contributed by atoms with Gasteiger partial charge in [-0.25, -0.2) is 0 Å². The van der Waals surface area contributed by atoms with Gasteiger partial charge in [0.25, 0.3) is 0 Å². The minimum Gasteiger partial charge on any atom is -0.357 e. The predicted octanol–water partition coefficient (Wildman–Crippen LogP) is 2.75. The van der Waals surface area contributed by atoms with E-state index in [9.17, 15) is 4.79 Å². The number of likely N-dealkylation sites (tertiary alicyclic amines) is 2. The summed E-state index contributed by atoms with van der Waals surface area (Å²) in [5, 5.41) is 6.85. The molecule has 3 unspecified atom stereocenters. The summed E-state index contributed by atoms with van der Waals surface area (Å²) < 4.78 is 0. The van der Waals surface area contributed by atoms with E-state index >= 15 is 0 Å². The fraction of sp³-hybridized carbons (Fsp3) is 0.680. The van der Waals surface area contributed by atoms with Crippen molar-refractivity contribution in [2.75, 3.05) is 45.8 Å². The van der Waals surface area contributed by atoms with Crippen LogP contribution in [0.4, 0.5) is 0 Å². The Bertz CT molecular complexity index is 707. The number of carbonyl (C=O) groups excluding carboxylic acids is 1. The molecule has 0 aliphatic carbocycles. The van der Waals surface area contributed by atoms with Crippen LogP contribution in [0.1, 0.15) is 45.6 Å². The number of hydrogen-bond donors (Lipinski definition) is 2. The molecule has 0 aromatic heterocycles. The van der Waals surface area contributed by atoms with E-state index in [0.29, 0.717) is 18.4 Å². The molecule has 2 heterocycles. The molecule has 6 heteroatoms. The van der Waals surface area contributed by atoms with E-state index in [1.807, 2.05) is 11.0 Å². The van der Waals surface area contributed by atoms with Gasteiger partial charge in [-0.2, -0.15) is 0 Å². The number of nitrogens with one attached hydrogen (secondary N) is 2. The maximum Gasteiger partial charge on any atom is 0.223 e. The highest BCUT2D eigenvalue weighted by atomic mass is 16.2. The zero-order valence-electron chi connectivity index (χ0n) is 19.6. The molecule has 1 amide bonds. The second kappa shape index (κ2) is 12.1. The Morgan fingerprint density at radius 2 is 2.03 bits per heavy atom. The summed E-state index contributed by atoms with van der Waals surface area (Å²) >= 11 is 0. The maximum absolute atomic E-state index is 12.4. The molecule has 172 valence electrons. The third-order valence-corrected chi connectivity index (χ3v) is 6.54. The minimum absolute atomic E-state index is 0.275. The number of nitrogens with zero attached hydrogens (tertiary/aromatic N) is 3. The largest absolute Gasteiger partial charge is 0.357 e. The highest BCUT2D eigenvalue weighted by Gasteiger charge is 2.29. The molecular formula is C25H41N5O. The van der Waals surface area contributed by atoms with Crippen molar-refractivity contribution in [3.63, 3.8) is 0 Å². The first kappa shape index (κ1) is 23.6. The molecule has 1 aromatic rings. The Kier molecular flexibility index (Phi) is 9.19. The van der Waals surface area contributed by atoms with Crippen molar-refractivity contribution in [1.29, 1.82) is 0 Å². The van der Waals surface area contributed by atoms with Crippen LogP contribution in [0.15, 0.2) is 35.3 Å². The van der Waals surface area contributed by atoms with E-state index < -0.39 is 0 Å². The molecule has 0 radical (unpaired) electrons. The molecule has 2 saturated heterocycles. The van der Waals surface area contributed by atoms with E-state index in [2.05, 4.69) is 60.6 Å². The Balaban J connectivity index is 1.43. The van der Waals surface area contributed by atoms with Gasteiger partial charge in [0.15, 0.2) is 5.96 Å². The molecule has 6 nitrogen and oxygen atoms in total. The Hall–Kier alpha value is -2.08. The molecule has 3 rings (SSSR count). The smallest absolute Gasteiger partial charge is 0.223 e. The quantitative estimate of drug-likeness (QED) is 0.470. The normalized spacial score (nSPS) is 23.8. The van der Waals surface area contributed by atoms with Crippen LogP contribution in [-0.4, -0.2) is 73.5 Å². The van der Waals surface area contributed by atoms with Gasteiger partial charge < -0.3 is 15.5 Å². The van der Waals surface area contributed by atoms with Gasteiger partial charge in [0, 0.05) is 51.1 Å². The summed E-state index contributed by atoms with van der Waals surface area (Å²) in [4.78, 5) is 21.9. The van der Waals surface area contributed by atoms with Gasteiger partial charge in [0.05, 0.1) is 6.54 Å². The summed E-state index contributed by atoms with van der Waals surface area (Å²) in [5.74, 6) is 2.27. The molecule has 2 aliphatic rings. The zero-order chi connectivity index (χ0) is 22.1. The predicted molar refractivity (Wildman–Crippen MR) is 128 cm³/mol. The molecule has 0 spiro atoms. The average Bonchev–Trinajstić information content (AvgIpc) is 3.14. The van der Waals surface area contributed by atoms with Crippen molar-refractivity contribution in [2.45, 2.75) is 52.5 Å². The fourth-order valence-corrected chi connectivity index (χ4v) is 4.66. The highest BCUT2D eigenvalue weighted by molar-refractivity contribution is 5.81. The lowest BCUT2D eigenvalue weighted by Gasteiger charge is -2.35. The molecule has 31 heavy (non-hydrogen) atoms. The molecule has 0 bridgehead atoms. The second-order valence-electron chi connectivity index (χ2n) is 9.34. The lowest BCUT2D eigenvalue weighted by atomic mass is 9.99. The van der Waals surface area contributed by atoms with Gasteiger partial charge in [-0.15, -0.1) is 0 Å². The maximum atomic E-state index is 12.4. The van der Waals surface area contributed by atoms with Crippen molar-refractivity contribution >= 4 is 11.9 Å². The molecule has 3 atom stereocenters. The summed E-state index contributed by atoms with van der Waals surface area (Å²) in [5.41, 5.74) is 1.29. The summed E-state index contributed by atoms with van der Waals surface area (Å²) in [6.07, 6.45) is 4.19. The van der Waals surface area contributed by atoms with Crippen molar-refractivity contribution in [3.8, 4) is 0 Å². The molecular weight excluding hydrogens is 386 g/mol. The van der Waals surface area contributed by atoms with Crippen LogP contribution in [0.2, 0.25) is 0 Å². The number of carbonyl (C=O) groups is 1. The highest BCUT2D eigenvalue weighted by Crippen LogP contribution is 2.19. The van der Waals surface area contributed by atoms with Crippen molar-refractivity contribution < 1.29 is 4.79 Å². The van der Waals surface area contributed by atoms with Gasteiger partial charge in [0.2, 0.25) is 5.91 Å². The SMILES string of the molecule is CCNC(=NCC(C)N1CCCC(C)C1)NCC1CC(=O)N(CCc2ccccc2)C1. The lowest BCUT2D eigenvalue weighted by molar-refractivity contribution is -0.127. The summed E-state index contributed by atoms with van der Waals surface area (Å²) in [6.45, 7) is 13.2. The van der Waals surface area contributed by atoms with Crippen LogP contribution in [-0.2, 0) is 11.2 Å². The van der Waals surface area contributed by atoms with E-state index in [0.717, 1.165) is 51.0 Å². The Morgan fingerprint density at radius 3 is 2.77 bits per heavy atom. The second-order valence-corrected chi connectivity index (χ2v) is 9.34. The van der Waals surface area contributed by atoms with E-state index in [1.165, 1.54) is 31.5 Å². The first-order valence-electron chi connectivity index (χ1n) is 12.1. The van der Waals surface area contributed by atoms with Crippen molar-refractivity contribution in [2.24, 2.45) is 16.8 Å². The van der Waals surface area contributed by atoms with Crippen LogP contribution in [0.25, 0.3) is 0 Å². The number of guanidine groups is 1. The number of rotatable bonds is 9. The van der Waals surface area contributed by atoms with Crippen LogP contribution >= 0.6 is 0 Å². The van der Waals surface area contributed by atoms with E-state index in [4.69, 9.17) is 4.99 Å². The Morgan fingerprint density at radius 1 is 1.23 bits per heavy atom. The van der Waals surface area contributed by atoms with Gasteiger partial charge in [0.1, 0.15) is 0 Å². The van der Waals surface area contributed by atoms with Crippen molar-refractivity contribution in [3.05, 3.63) is 35.9 Å². The van der Waals surface area contributed by atoms with Gasteiger partial charge in [-0.3, -0.25) is 14.7 Å². The number of amides is 1. The van der Waals surface area contributed by atoms with Crippen molar-refractivity contribution in [1.82, 2.24) is 20.4 Å². The standard InChI is InChI=1S/C25H41N5O/c1-4-26-25(27-16-21(3)29-13-8-9-20(2)18-29)28-17-23-15-24(31)30(19-23)14-12-22-10-6-5-7-11-22/h5-7,10-11,20-21,23H,4,8-9,12-19H2,1-3H3,(H2,26,27,28). The topological polar surface area (TPSA) is 60.0 Å². The minimum atomic E-state index is 0.275. The van der Waals surface area contributed by atoms with Crippen LogP contribution in [0, 0.1) is 11.8 Å². The molecule has 2 N–H and O–H groups in total. The molecule has 0 saturated carbocycles. The van der Waals surface area contributed by atoms with E-state index in [1.54, 1.807) is 0 Å². The third kappa shape index (κ3) is 7.53. The van der Waals surface area contributed by atoms with Gasteiger partial charge in [-0.1, -0.05) is 37.3 Å². The lowest BCUT2D eigenvalue weighted by Crippen LogP contribution is -2.44. The monoisotopic (exact) mass is 427 g/mol. The molecule has 2 aliphatic heterocycles. The molecule has 2 fully saturated rings. The van der Waals surface area contributed by atoms with Crippen LogP contribution < -0.4 is 10.6 Å².